The molecule has 0 unspecified atom stereocenters. The number of anilines is 1. The van der Waals surface area contributed by atoms with E-state index in [2.05, 4.69) is 10.3 Å². The number of halogens is 1. The average Bonchev–Trinajstić information content (AvgIpc) is 2.32. The van der Waals surface area contributed by atoms with Gasteiger partial charge in [0.1, 0.15) is 17.4 Å². The van der Waals surface area contributed by atoms with E-state index in [1.165, 1.54) is 24.3 Å². The summed E-state index contributed by atoms with van der Waals surface area (Å²) in [5.74, 6) is -0.634. The maximum absolute atomic E-state index is 12.6. The van der Waals surface area contributed by atoms with Crippen LogP contribution in [0.4, 0.5) is 10.2 Å². The molecule has 0 saturated carbocycles. The molecule has 2 rings (SSSR count). The smallest absolute Gasteiger partial charge is 0.256 e. The molecular weight excluding hydrogens is 223 g/mol. The molecule has 86 valence electrons. The zero-order chi connectivity index (χ0) is 12.3. The first-order valence-electron chi connectivity index (χ1n) is 4.87. The second-order valence-electron chi connectivity index (χ2n) is 3.37. The van der Waals surface area contributed by atoms with Gasteiger partial charge >= 0.3 is 0 Å². The molecule has 0 aliphatic rings. The zero-order valence-corrected chi connectivity index (χ0v) is 8.72. The van der Waals surface area contributed by atoms with Crippen LogP contribution in [0.3, 0.4) is 0 Å². The number of nitrogens with one attached hydrogen (secondary N) is 1. The first kappa shape index (κ1) is 11.1. The fourth-order valence-corrected chi connectivity index (χ4v) is 1.29. The van der Waals surface area contributed by atoms with E-state index in [1.807, 2.05) is 0 Å². The van der Waals surface area contributed by atoms with Crippen LogP contribution in [0.1, 0.15) is 10.4 Å². The molecular formula is C12H9FN2O2. The molecule has 1 aromatic heterocycles. The lowest BCUT2D eigenvalue weighted by Crippen LogP contribution is -2.12. The minimum atomic E-state index is -0.472. The monoisotopic (exact) mass is 232 g/mol. The largest absolute Gasteiger partial charge is 0.508 e. The van der Waals surface area contributed by atoms with Crippen molar-refractivity contribution in [3.05, 3.63) is 54.0 Å². The van der Waals surface area contributed by atoms with Gasteiger partial charge in [-0.05, 0) is 30.3 Å². The quantitative estimate of drug-likeness (QED) is 0.834. The summed E-state index contributed by atoms with van der Waals surface area (Å²) in [6.45, 7) is 0. The summed E-state index contributed by atoms with van der Waals surface area (Å²) >= 11 is 0. The van der Waals surface area contributed by atoms with Crippen molar-refractivity contribution < 1.29 is 14.3 Å². The standard InChI is InChI=1S/C12H9FN2O2/c13-9-4-5-11(14-7-9)15-12(17)8-2-1-3-10(16)6-8/h1-7,16H,(H,14,15,17). The molecule has 1 aromatic carbocycles. The van der Waals surface area contributed by atoms with Crippen molar-refractivity contribution >= 4 is 11.7 Å². The molecule has 0 aliphatic carbocycles. The van der Waals surface area contributed by atoms with E-state index in [0.717, 1.165) is 6.20 Å². The highest BCUT2D eigenvalue weighted by atomic mass is 19.1. The number of aromatic nitrogens is 1. The highest BCUT2D eigenvalue weighted by Gasteiger charge is 2.07. The Labute approximate surface area is 96.7 Å². The Morgan fingerprint density at radius 2 is 2.12 bits per heavy atom. The fourth-order valence-electron chi connectivity index (χ4n) is 1.29. The van der Waals surface area contributed by atoms with Crippen molar-refractivity contribution in [2.75, 3.05) is 5.32 Å². The van der Waals surface area contributed by atoms with Gasteiger partial charge in [-0.2, -0.15) is 0 Å². The van der Waals surface area contributed by atoms with Crippen LogP contribution in [-0.4, -0.2) is 16.0 Å². The Kier molecular flexibility index (Phi) is 3.00. The van der Waals surface area contributed by atoms with Crippen molar-refractivity contribution in [2.45, 2.75) is 0 Å². The topological polar surface area (TPSA) is 62.2 Å². The summed E-state index contributed by atoms with van der Waals surface area (Å²) in [5, 5.41) is 11.7. The van der Waals surface area contributed by atoms with E-state index in [4.69, 9.17) is 0 Å². The lowest BCUT2D eigenvalue weighted by molar-refractivity contribution is 0.102. The first-order chi connectivity index (χ1) is 8.15. The molecule has 2 aromatic rings. The fraction of sp³-hybridized carbons (Fsp3) is 0. The molecule has 0 saturated heterocycles. The number of carbonyl (C=O) groups excluding carboxylic acids is 1. The van der Waals surface area contributed by atoms with Crippen LogP contribution < -0.4 is 5.32 Å². The van der Waals surface area contributed by atoms with Gasteiger partial charge in [0.2, 0.25) is 0 Å². The maximum atomic E-state index is 12.6. The van der Waals surface area contributed by atoms with Crippen LogP contribution in [-0.2, 0) is 0 Å². The Morgan fingerprint density at radius 1 is 1.29 bits per heavy atom. The molecule has 0 atom stereocenters. The van der Waals surface area contributed by atoms with E-state index in [-0.39, 0.29) is 11.6 Å². The van der Waals surface area contributed by atoms with E-state index in [1.54, 1.807) is 12.1 Å². The number of aromatic hydroxyl groups is 1. The predicted molar refractivity (Wildman–Crippen MR) is 60.3 cm³/mol. The van der Waals surface area contributed by atoms with Gasteiger partial charge in [-0.3, -0.25) is 4.79 Å². The number of hydrogen-bond acceptors (Lipinski definition) is 3. The molecule has 0 aliphatic heterocycles. The number of carbonyl (C=O) groups is 1. The maximum Gasteiger partial charge on any atom is 0.256 e. The summed E-state index contributed by atoms with van der Waals surface area (Å²) in [7, 11) is 0. The normalized spacial score (nSPS) is 9.94. The minimum Gasteiger partial charge on any atom is -0.508 e. The highest BCUT2D eigenvalue weighted by Crippen LogP contribution is 2.12. The summed E-state index contributed by atoms with van der Waals surface area (Å²) in [6, 6.07) is 8.47. The number of pyridine rings is 1. The van der Waals surface area contributed by atoms with Crippen LogP contribution in [0, 0.1) is 5.82 Å². The second kappa shape index (κ2) is 4.61. The zero-order valence-electron chi connectivity index (χ0n) is 8.72. The van der Waals surface area contributed by atoms with E-state index < -0.39 is 11.7 Å². The van der Waals surface area contributed by atoms with Crippen LogP contribution in [0.15, 0.2) is 42.6 Å². The van der Waals surface area contributed by atoms with E-state index in [9.17, 15) is 14.3 Å². The van der Waals surface area contributed by atoms with Gasteiger partial charge in [0.05, 0.1) is 6.20 Å². The third kappa shape index (κ3) is 2.78. The van der Waals surface area contributed by atoms with Crippen molar-refractivity contribution in [2.24, 2.45) is 0 Å². The van der Waals surface area contributed by atoms with Gasteiger partial charge in [-0.25, -0.2) is 9.37 Å². The number of benzene rings is 1. The van der Waals surface area contributed by atoms with Gasteiger partial charge in [0.15, 0.2) is 0 Å². The van der Waals surface area contributed by atoms with Gasteiger partial charge in [-0.15, -0.1) is 0 Å². The molecule has 0 radical (unpaired) electrons. The number of nitrogens with zero attached hydrogens (tertiary/aromatic N) is 1. The Balaban J connectivity index is 2.14. The van der Waals surface area contributed by atoms with Crippen molar-refractivity contribution in [3.8, 4) is 5.75 Å². The number of phenolic OH excluding ortho intramolecular Hbond substituents is 1. The first-order valence-corrected chi connectivity index (χ1v) is 4.87. The lowest BCUT2D eigenvalue weighted by Gasteiger charge is -2.04. The number of rotatable bonds is 2. The van der Waals surface area contributed by atoms with Crippen molar-refractivity contribution in [1.29, 1.82) is 0 Å². The van der Waals surface area contributed by atoms with Crippen LogP contribution in [0.2, 0.25) is 0 Å². The summed E-state index contributed by atoms with van der Waals surface area (Å²) in [4.78, 5) is 15.4. The third-order valence-electron chi connectivity index (χ3n) is 2.08. The highest BCUT2D eigenvalue weighted by molar-refractivity contribution is 6.03. The van der Waals surface area contributed by atoms with E-state index >= 15 is 0 Å². The van der Waals surface area contributed by atoms with Gasteiger partial charge in [0, 0.05) is 5.56 Å². The van der Waals surface area contributed by atoms with Crippen molar-refractivity contribution in [1.82, 2.24) is 4.98 Å². The lowest BCUT2D eigenvalue weighted by atomic mass is 10.2. The summed E-state index contributed by atoms with van der Waals surface area (Å²) < 4.78 is 12.6. The number of phenols is 1. The second-order valence-corrected chi connectivity index (χ2v) is 3.37. The molecule has 0 spiro atoms. The minimum absolute atomic E-state index is 0.00437. The van der Waals surface area contributed by atoms with Gasteiger partial charge in [0.25, 0.3) is 5.91 Å². The molecule has 17 heavy (non-hydrogen) atoms. The predicted octanol–water partition coefficient (Wildman–Crippen LogP) is 2.18. The molecule has 4 nitrogen and oxygen atoms in total. The average molecular weight is 232 g/mol. The van der Waals surface area contributed by atoms with E-state index in [0.29, 0.717) is 5.56 Å². The summed E-state index contributed by atoms with van der Waals surface area (Å²) in [5.41, 5.74) is 0.302. The number of amides is 1. The molecule has 0 bridgehead atoms. The van der Waals surface area contributed by atoms with Crippen LogP contribution >= 0.6 is 0 Å². The third-order valence-corrected chi connectivity index (χ3v) is 2.08. The Hall–Kier alpha value is -2.43. The van der Waals surface area contributed by atoms with Gasteiger partial charge in [-0.1, -0.05) is 6.07 Å². The summed E-state index contributed by atoms with van der Waals surface area (Å²) in [6.07, 6.45) is 1.01. The molecule has 5 heteroatoms. The molecule has 1 amide bonds. The Morgan fingerprint density at radius 3 is 2.76 bits per heavy atom. The SMILES string of the molecule is O=C(Nc1ccc(F)cn1)c1cccc(O)c1. The van der Waals surface area contributed by atoms with Crippen LogP contribution in [0.5, 0.6) is 5.75 Å². The van der Waals surface area contributed by atoms with Crippen molar-refractivity contribution in [3.63, 3.8) is 0 Å². The van der Waals surface area contributed by atoms with Gasteiger partial charge < -0.3 is 10.4 Å². The van der Waals surface area contributed by atoms with Crippen LogP contribution in [0.25, 0.3) is 0 Å². The number of hydrogen-bond donors (Lipinski definition) is 2. The molecule has 1 heterocycles. The molecule has 2 N–H and O–H groups in total. The molecule has 0 fully saturated rings. The Bertz CT molecular complexity index is 540.